The van der Waals surface area contributed by atoms with Gasteiger partial charge in [0, 0.05) is 9.61 Å². The fraction of sp³-hybridized carbons (Fsp3) is 0.400. The maximum absolute atomic E-state index is 5.97. The van der Waals surface area contributed by atoms with Gasteiger partial charge in [-0.25, -0.2) is 0 Å². The van der Waals surface area contributed by atoms with Crippen molar-refractivity contribution in [3.63, 3.8) is 0 Å². The van der Waals surface area contributed by atoms with Gasteiger partial charge in [-0.2, -0.15) is 0 Å². The molecule has 0 spiro atoms. The van der Waals surface area contributed by atoms with Crippen LogP contribution in [0.1, 0.15) is 24.4 Å². The number of halogens is 1. The fourth-order valence-electron chi connectivity index (χ4n) is 1.21. The second-order valence-corrected chi connectivity index (χ2v) is 4.33. The number of hydrogen-bond donors (Lipinski definition) is 2. The monoisotopic (exact) mass is 290 g/mol. The van der Waals surface area contributed by atoms with Crippen LogP contribution in [0.3, 0.4) is 0 Å². The van der Waals surface area contributed by atoms with Crippen LogP contribution in [-0.2, 0) is 0 Å². The highest BCUT2D eigenvalue weighted by molar-refractivity contribution is 14.1. The van der Waals surface area contributed by atoms with E-state index in [2.05, 4.69) is 46.9 Å². The summed E-state index contributed by atoms with van der Waals surface area (Å²) in [6.45, 7) is 0.720. The second-order valence-electron chi connectivity index (χ2n) is 3.09. The molecule has 13 heavy (non-hydrogen) atoms. The molecule has 1 aromatic carbocycles. The number of benzene rings is 1. The minimum Gasteiger partial charge on any atom is -0.330 e. The molecule has 2 nitrogen and oxygen atoms in total. The lowest BCUT2D eigenvalue weighted by Gasteiger charge is -2.10. The van der Waals surface area contributed by atoms with Gasteiger partial charge >= 0.3 is 0 Å². The molecule has 0 aliphatic carbocycles. The molecule has 3 heteroatoms. The van der Waals surface area contributed by atoms with Gasteiger partial charge in [0.1, 0.15) is 0 Å². The topological polar surface area (TPSA) is 52.0 Å². The van der Waals surface area contributed by atoms with Gasteiger partial charge in [0.05, 0.1) is 0 Å². The Morgan fingerprint density at radius 3 is 2.38 bits per heavy atom. The third-order valence-electron chi connectivity index (χ3n) is 2.02. The van der Waals surface area contributed by atoms with Crippen molar-refractivity contribution in [3.05, 3.63) is 33.4 Å². The van der Waals surface area contributed by atoms with Crippen LogP contribution in [-0.4, -0.2) is 6.54 Å². The van der Waals surface area contributed by atoms with E-state index >= 15 is 0 Å². The van der Waals surface area contributed by atoms with E-state index in [0.717, 1.165) is 19.4 Å². The summed E-state index contributed by atoms with van der Waals surface area (Å²) in [7, 11) is 0. The maximum Gasteiger partial charge on any atom is 0.0295 e. The number of rotatable bonds is 4. The summed E-state index contributed by atoms with van der Waals surface area (Å²) in [5, 5.41) is 0. The lowest BCUT2D eigenvalue weighted by Crippen LogP contribution is -2.12. The Kier molecular flexibility index (Phi) is 4.69. The van der Waals surface area contributed by atoms with Crippen LogP contribution in [0.4, 0.5) is 0 Å². The molecular weight excluding hydrogens is 275 g/mol. The van der Waals surface area contributed by atoms with Gasteiger partial charge in [-0.1, -0.05) is 12.1 Å². The van der Waals surface area contributed by atoms with Crippen molar-refractivity contribution in [1.29, 1.82) is 0 Å². The van der Waals surface area contributed by atoms with Crippen LogP contribution in [0.5, 0.6) is 0 Å². The zero-order chi connectivity index (χ0) is 9.68. The first-order valence-corrected chi connectivity index (χ1v) is 5.53. The van der Waals surface area contributed by atoms with Gasteiger partial charge in [0.25, 0.3) is 0 Å². The molecule has 1 aromatic rings. The summed E-state index contributed by atoms with van der Waals surface area (Å²) in [4.78, 5) is 0. The SMILES string of the molecule is NCCC[C@H](N)c1ccc(I)cc1. The molecule has 0 aliphatic heterocycles. The normalized spacial score (nSPS) is 12.8. The van der Waals surface area contributed by atoms with Crippen molar-refractivity contribution in [2.24, 2.45) is 11.5 Å². The highest BCUT2D eigenvalue weighted by atomic mass is 127. The standard InChI is InChI=1S/C10H15IN2/c11-9-5-3-8(4-6-9)10(13)2-1-7-12/h3-6,10H,1-2,7,12-13H2/t10-/m0/s1. The van der Waals surface area contributed by atoms with E-state index in [9.17, 15) is 0 Å². The van der Waals surface area contributed by atoms with Crippen LogP contribution < -0.4 is 11.5 Å². The van der Waals surface area contributed by atoms with E-state index in [0.29, 0.717) is 0 Å². The minimum atomic E-state index is 0.139. The van der Waals surface area contributed by atoms with Crippen LogP contribution in [0.2, 0.25) is 0 Å². The molecule has 72 valence electrons. The quantitative estimate of drug-likeness (QED) is 0.834. The molecule has 0 heterocycles. The molecule has 0 amide bonds. The molecule has 0 radical (unpaired) electrons. The molecule has 4 N–H and O–H groups in total. The van der Waals surface area contributed by atoms with Gasteiger partial charge in [-0.05, 0) is 59.7 Å². The average molecular weight is 290 g/mol. The smallest absolute Gasteiger partial charge is 0.0295 e. The lowest BCUT2D eigenvalue weighted by molar-refractivity contribution is 0.618. The van der Waals surface area contributed by atoms with Gasteiger partial charge < -0.3 is 11.5 Å². The van der Waals surface area contributed by atoms with E-state index in [-0.39, 0.29) is 6.04 Å². The Hall–Kier alpha value is -0.130. The van der Waals surface area contributed by atoms with Crippen molar-refractivity contribution in [2.45, 2.75) is 18.9 Å². The first kappa shape index (κ1) is 10.9. The van der Waals surface area contributed by atoms with Gasteiger partial charge in [-0.15, -0.1) is 0 Å². The van der Waals surface area contributed by atoms with Crippen molar-refractivity contribution in [1.82, 2.24) is 0 Å². The molecule has 0 saturated carbocycles. The first-order valence-electron chi connectivity index (χ1n) is 4.45. The fourth-order valence-corrected chi connectivity index (χ4v) is 1.57. The Morgan fingerprint density at radius 1 is 1.23 bits per heavy atom. The highest BCUT2D eigenvalue weighted by Crippen LogP contribution is 2.16. The number of hydrogen-bond acceptors (Lipinski definition) is 2. The van der Waals surface area contributed by atoms with Gasteiger partial charge in [0.2, 0.25) is 0 Å². The maximum atomic E-state index is 5.97. The van der Waals surface area contributed by atoms with Crippen molar-refractivity contribution in [2.75, 3.05) is 6.54 Å². The molecule has 0 aromatic heterocycles. The summed E-state index contributed by atoms with van der Waals surface area (Å²) in [5.41, 5.74) is 12.6. The van der Waals surface area contributed by atoms with Crippen molar-refractivity contribution >= 4 is 22.6 Å². The summed E-state index contributed by atoms with van der Waals surface area (Å²) in [5.74, 6) is 0. The summed E-state index contributed by atoms with van der Waals surface area (Å²) in [6, 6.07) is 8.48. The number of nitrogens with two attached hydrogens (primary N) is 2. The third-order valence-corrected chi connectivity index (χ3v) is 2.74. The Bertz CT molecular complexity index is 246. The molecule has 1 atom stereocenters. The lowest BCUT2D eigenvalue weighted by atomic mass is 10.0. The predicted octanol–water partition coefficient (Wildman–Crippen LogP) is 2.03. The highest BCUT2D eigenvalue weighted by Gasteiger charge is 2.03. The zero-order valence-corrected chi connectivity index (χ0v) is 9.70. The molecule has 0 unspecified atom stereocenters. The minimum absolute atomic E-state index is 0.139. The predicted molar refractivity (Wildman–Crippen MR) is 64.4 cm³/mol. The van der Waals surface area contributed by atoms with Gasteiger partial charge in [0.15, 0.2) is 0 Å². The van der Waals surface area contributed by atoms with Crippen molar-refractivity contribution in [3.8, 4) is 0 Å². The Morgan fingerprint density at radius 2 is 1.85 bits per heavy atom. The van der Waals surface area contributed by atoms with E-state index in [1.54, 1.807) is 0 Å². The Balaban J connectivity index is 2.55. The van der Waals surface area contributed by atoms with Crippen LogP contribution >= 0.6 is 22.6 Å². The molecule has 0 saturated heterocycles. The zero-order valence-electron chi connectivity index (χ0n) is 7.54. The van der Waals surface area contributed by atoms with E-state index in [1.165, 1.54) is 9.13 Å². The first-order chi connectivity index (χ1) is 6.24. The summed E-state index contributed by atoms with van der Waals surface area (Å²) in [6.07, 6.45) is 1.96. The second kappa shape index (κ2) is 5.57. The third kappa shape index (κ3) is 3.62. The van der Waals surface area contributed by atoms with E-state index < -0.39 is 0 Å². The largest absolute Gasteiger partial charge is 0.330 e. The summed E-state index contributed by atoms with van der Waals surface area (Å²) < 4.78 is 1.24. The van der Waals surface area contributed by atoms with E-state index in [4.69, 9.17) is 11.5 Å². The molecule has 1 rings (SSSR count). The van der Waals surface area contributed by atoms with Gasteiger partial charge in [-0.3, -0.25) is 0 Å². The van der Waals surface area contributed by atoms with E-state index in [1.807, 2.05) is 0 Å². The Labute approximate surface area is 92.8 Å². The van der Waals surface area contributed by atoms with Crippen LogP contribution in [0, 0.1) is 3.57 Å². The molecular formula is C10H15IN2. The average Bonchev–Trinajstić information content (AvgIpc) is 2.15. The molecule has 0 fully saturated rings. The van der Waals surface area contributed by atoms with Crippen LogP contribution in [0.25, 0.3) is 0 Å². The van der Waals surface area contributed by atoms with Crippen LogP contribution in [0.15, 0.2) is 24.3 Å². The molecule has 0 aliphatic rings. The van der Waals surface area contributed by atoms with Crippen molar-refractivity contribution < 1.29 is 0 Å². The summed E-state index contributed by atoms with van der Waals surface area (Å²) >= 11 is 2.29. The molecule has 0 bridgehead atoms.